The van der Waals surface area contributed by atoms with Crippen molar-refractivity contribution in [2.24, 2.45) is 0 Å². The molecule has 2 aromatic heterocycles. The summed E-state index contributed by atoms with van der Waals surface area (Å²) in [6, 6.07) is 15.4. The van der Waals surface area contributed by atoms with Gasteiger partial charge in [0.2, 0.25) is 15.9 Å². The molecular weight excluding hydrogens is 420 g/mol. The van der Waals surface area contributed by atoms with Crippen molar-refractivity contribution in [3.63, 3.8) is 0 Å². The predicted octanol–water partition coefficient (Wildman–Crippen LogP) is 2.45. The molecule has 10 nitrogen and oxygen atoms in total. The highest BCUT2D eigenvalue weighted by Gasteiger charge is 2.18. The van der Waals surface area contributed by atoms with Gasteiger partial charge in [0.15, 0.2) is 11.5 Å². The van der Waals surface area contributed by atoms with Crippen LogP contribution in [0.4, 0.5) is 5.82 Å². The van der Waals surface area contributed by atoms with Crippen LogP contribution in [-0.2, 0) is 10.0 Å². The summed E-state index contributed by atoms with van der Waals surface area (Å²) < 4.78 is 32.3. The lowest BCUT2D eigenvalue weighted by Gasteiger charge is -2.07. The summed E-state index contributed by atoms with van der Waals surface area (Å²) in [6.07, 6.45) is 1.47. The Bertz CT molecular complexity index is 1310. The number of nitrogen functional groups attached to an aromatic ring is 1. The number of nitrogens with zero attached hydrogens (tertiary/aromatic N) is 4. The number of aliphatic hydroxyl groups excluding tert-OH is 1. The summed E-state index contributed by atoms with van der Waals surface area (Å²) in [7, 11) is -3.70. The number of anilines is 1. The van der Waals surface area contributed by atoms with E-state index >= 15 is 0 Å². The molecule has 0 aliphatic rings. The lowest BCUT2D eigenvalue weighted by molar-refractivity contribution is 0.301. The van der Waals surface area contributed by atoms with Gasteiger partial charge in [0.25, 0.3) is 5.89 Å². The highest BCUT2D eigenvalue weighted by atomic mass is 32.2. The molecule has 0 saturated carbocycles. The van der Waals surface area contributed by atoms with E-state index in [2.05, 4.69) is 24.9 Å². The Morgan fingerprint density at radius 3 is 2.42 bits per heavy atom. The average molecular weight is 445 g/mol. The van der Waals surface area contributed by atoms with E-state index in [0.717, 1.165) is 5.56 Å². The molecule has 0 radical (unpaired) electrons. The van der Waals surface area contributed by atoms with E-state index in [9.17, 15) is 8.42 Å². The molecule has 0 aliphatic heterocycles. The van der Waals surface area contributed by atoms with Gasteiger partial charge in [-0.15, -0.1) is 10.2 Å². The number of benzene rings is 2. The van der Waals surface area contributed by atoms with Gasteiger partial charge in [-0.3, -0.25) is 0 Å². The van der Waals surface area contributed by atoms with Crippen LogP contribution in [-0.4, -0.2) is 46.8 Å². The second kappa shape index (κ2) is 8.60. The lowest BCUT2D eigenvalue weighted by atomic mass is 10.1. The van der Waals surface area contributed by atoms with E-state index in [4.69, 9.17) is 15.3 Å². The molecule has 2 heterocycles. The molecule has 4 rings (SSSR count). The third-order valence-corrected chi connectivity index (χ3v) is 5.79. The van der Waals surface area contributed by atoms with Crippen molar-refractivity contribution in [2.75, 3.05) is 18.9 Å². The molecule has 11 heteroatoms. The van der Waals surface area contributed by atoms with Gasteiger partial charge in [-0.2, -0.15) is 0 Å². The van der Waals surface area contributed by atoms with Gasteiger partial charge in [-0.05, 0) is 24.3 Å². The minimum atomic E-state index is -3.70. The Hall–Kier alpha value is -3.67. The zero-order valence-corrected chi connectivity index (χ0v) is 17.0. The SMILES string of the molecule is Nc1ncc(-c2ccc(S(=O)(=O)NCCO)cc2)nc1-c1nnc(-c2ccccc2)o1.[HH].[HH].[HH]. The Labute approximate surface area is 182 Å². The fraction of sp³-hybridized carbons (Fsp3) is 0.100. The molecule has 0 bridgehead atoms. The smallest absolute Gasteiger partial charge is 0.270 e. The number of rotatable bonds is 7. The first-order valence-electron chi connectivity index (χ1n) is 9.21. The van der Waals surface area contributed by atoms with Crippen LogP contribution in [0.5, 0.6) is 0 Å². The number of hydrogen-bond donors (Lipinski definition) is 3. The van der Waals surface area contributed by atoms with Crippen molar-refractivity contribution in [2.45, 2.75) is 4.90 Å². The lowest BCUT2D eigenvalue weighted by Crippen LogP contribution is -2.26. The second-order valence-electron chi connectivity index (χ2n) is 6.41. The minimum Gasteiger partial charge on any atom is -0.414 e. The monoisotopic (exact) mass is 444 g/mol. The number of aliphatic hydroxyl groups is 1. The van der Waals surface area contributed by atoms with Crippen molar-refractivity contribution in [3.05, 3.63) is 60.8 Å². The van der Waals surface area contributed by atoms with Gasteiger partial charge in [-0.1, -0.05) is 30.3 Å². The molecule has 0 saturated heterocycles. The maximum Gasteiger partial charge on any atom is 0.270 e. The van der Waals surface area contributed by atoms with Crippen LogP contribution in [0.3, 0.4) is 0 Å². The van der Waals surface area contributed by atoms with Crippen LogP contribution in [0.1, 0.15) is 4.28 Å². The largest absolute Gasteiger partial charge is 0.414 e. The number of nitrogens with one attached hydrogen (secondary N) is 1. The number of hydrogen-bond acceptors (Lipinski definition) is 9. The van der Waals surface area contributed by atoms with Crippen molar-refractivity contribution >= 4 is 15.8 Å². The third kappa shape index (κ3) is 4.43. The normalized spacial score (nSPS) is 11.5. The summed E-state index contributed by atoms with van der Waals surface area (Å²) in [5.41, 5.74) is 8.03. The first-order chi connectivity index (χ1) is 15.0. The molecule has 0 fully saturated rings. The van der Waals surface area contributed by atoms with Crippen LogP contribution >= 0.6 is 0 Å². The van der Waals surface area contributed by atoms with Gasteiger partial charge in [0, 0.05) is 22.0 Å². The van der Waals surface area contributed by atoms with Crippen LogP contribution < -0.4 is 10.5 Å². The molecule has 4 aromatic rings. The van der Waals surface area contributed by atoms with Crippen LogP contribution in [0.2, 0.25) is 0 Å². The van der Waals surface area contributed by atoms with Crippen molar-refractivity contribution in [1.29, 1.82) is 0 Å². The molecule has 31 heavy (non-hydrogen) atoms. The van der Waals surface area contributed by atoms with E-state index in [1.807, 2.05) is 30.3 Å². The van der Waals surface area contributed by atoms with Crippen molar-refractivity contribution in [1.82, 2.24) is 24.9 Å². The van der Waals surface area contributed by atoms with Gasteiger partial charge >= 0.3 is 0 Å². The molecule has 4 N–H and O–H groups in total. The number of nitrogens with two attached hydrogens (primary N) is 1. The van der Waals surface area contributed by atoms with Gasteiger partial charge in [0.05, 0.1) is 23.4 Å². The molecule has 0 atom stereocenters. The van der Waals surface area contributed by atoms with E-state index in [1.54, 1.807) is 12.1 Å². The average Bonchev–Trinajstić information content (AvgIpc) is 3.29. The highest BCUT2D eigenvalue weighted by Crippen LogP contribution is 2.28. The molecule has 164 valence electrons. The quantitative estimate of drug-likeness (QED) is 0.389. The zero-order valence-electron chi connectivity index (χ0n) is 16.1. The summed E-state index contributed by atoms with van der Waals surface area (Å²) in [4.78, 5) is 8.70. The van der Waals surface area contributed by atoms with Gasteiger partial charge in [-0.25, -0.2) is 23.1 Å². The molecule has 2 aromatic carbocycles. The fourth-order valence-corrected chi connectivity index (χ4v) is 3.80. The summed E-state index contributed by atoms with van der Waals surface area (Å²) in [5, 5.41) is 16.9. The van der Waals surface area contributed by atoms with Gasteiger partial charge in [0.1, 0.15) is 0 Å². The summed E-state index contributed by atoms with van der Waals surface area (Å²) in [6.45, 7) is -0.352. The van der Waals surface area contributed by atoms with E-state index in [0.29, 0.717) is 17.1 Å². The molecule has 0 spiro atoms. The summed E-state index contributed by atoms with van der Waals surface area (Å²) in [5.74, 6) is 0.574. The van der Waals surface area contributed by atoms with E-state index < -0.39 is 10.0 Å². The number of aromatic nitrogens is 4. The Morgan fingerprint density at radius 2 is 1.71 bits per heavy atom. The topological polar surface area (TPSA) is 157 Å². The standard InChI is InChI=1S/C20H18N6O4S.3H2/c21-18-17(20-26-25-19(30-20)14-4-2-1-3-5-14)24-16(12-22-18)13-6-8-15(9-7-13)31(28,29)23-10-11-27;;;/h1-9,12,23,27H,10-11H2,(H2,21,22);3*1H. The number of sulfonamides is 1. The van der Waals surface area contributed by atoms with Crippen molar-refractivity contribution in [3.8, 4) is 34.3 Å². The first-order valence-corrected chi connectivity index (χ1v) is 10.7. The second-order valence-corrected chi connectivity index (χ2v) is 8.18. The van der Waals surface area contributed by atoms with E-state index in [1.165, 1.54) is 18.3 Å². The van der Waals surface area contributed by atoms with Crippen LogP contribution in [0, 0.1) is 0 Å². The molecule has 0 amide bonds. The van der Waals surface area contributed by atoms with E-state index in [-0.39, 0.29) is 39.7 Å². The van der Waals surface area contributed by atoms with Crippen molar-refractivity contribution < 1.29 is 22.2 Å². The Kier molecular flexibility index (Phi) is 5.71. The Balaban J connectivity index is 0.00000193. The minimum absolute atomic E-state index is 0. The fourth-order valence-electron chi connectivity index (χ4n) is 2.78. The first kappa shape index (κ1) is 20.6. The Morgan fingerprint density at radius 1 is 1.00 bits per heavy atom. The maximum atomic E-state index is 12.1. The molecule has 0 unspecified atom stereocenters. The molecule has 0 aliphatic carbocycles. The summed E-state index contributed by atoms with van der Waals surface area (Å²) >= 11 is 0. The molecular formula is C20H24N6O4S. The third-order valence-electron chi connectivity index (χ3n) is 4.31. The zero-order chi connectivity index (χ0) is 21.8. The maximum absolute atomic E-state index is 12.1. The van der Waals surface area contributed by atoms with Crippen LogP contribution in [0.25, 0.3) is 34.3 Å². The van der Waals surface area contributed by atoms with Gasteiger partial charge < -0.3 is 15.3 Å². The highest BCUT2D eigenvalue weighted by molar-refractivity contribution is 7.89. The predicted molar refractivity (Wildman–Crippen MR) is 119 cm³/mol. The van der Waals surface area contributed by atoms with Crippen LogP contribution in [0.15, 0.2) is 70.1 Å².